The van der Waals surface area contributed by atoms with Crippen LogP contribution in [0.15, 0.2) is 30.3 Å². The lowest BCUT2D eigenvalue weighted by molar-refractivity contribution is -0.139. The Morgan fingerprint density at radius 1 is 1.26 bits per heavy atom. The van der Waals surface area contributed by atoms with Crippen molar-refractivity contribution in [2.45, 2.75) is 18.9 Å². The average molecular weight is 340 g/mol. The Labute approximate surface area is 140 Å². The Hall–Kier alpha value is -1.73. The van der Waals surface area contributed by atoms with E-state index in [9.17, 15) is 14.7 Å². The Bertz CT molecular complexity index is 484. The van der Waals surface area contributed by atoms with E-state index < -0.39 is 18.0 Å². The van der Waals surface area contributed by atoms with Gasteiger partial charge in [0, 0.05) is 13.1 Å². The molecule has 0 unspecified atom stereocenters. The van der Waals surface area contributed by atoms with E-state index in [-0.39, 0.29) is 13.2 Å². The summed E-state index contributed by atoms with van der Waals surface area (Å²) in [6, 6.07) is 8.34. The van der Waals surface area contributed by atoms with Crippen LogP contribution in [0.4, 0.5) is 4.79 Å². The average Bonchev–Trinajstić information content (AvgIpc) is 2.55. The molecule has 0 heterocycles. The van der Waals surface area contributed by atoms with Crippen LogP contribution < -0.4 is 5.32 Å². The van der Waals surface area contributed by atoms with Crippen molar-refractivity contribution in [3.63, 3.8) is 0 Å². The van der Waals surface area contributed by atoms with Gasteiger partial charge in [-0.3, -0.25) is 0 Å². The molecule has 0 saturated heterocycles. The molecule has 23 heavy (non-hydrogen) atoms. The predicted molar refractivity (Wildman–Crippen MR) is 91.8 cm³/mol. The first-order valence-corrected chi connectivity index (χ1v) is 8.89. The predicted octanol–water partition coefficient (Wildman–Crippen LogP) is 1.44. The van der Waals surface area contributed by atoms with E-state index in [0.29, 0.717) is 25.1 Å². The lowest BCUT2D eigenvalue weighted by Crippen LogP contribution is -2.49. The zero-order chi connectivity index (χ0) is 17.1. The molecule has 0 bridgehead atoms. The molecular formula is C16H24N2O4S. The molecule has 6 nitrogen and oxygen atoms in total. The van der Waals surface area contributed by atoms with Crippen molar-refractivity contribution in [1.29, 1.82) is 0 Å². The lowest BCUT2D eigenvalue weighted by Gasteiger charge is -2.24. The van der Waals surface area contributed by atoms with E-state index in [1.165, 1.54) is 16.7 Å². The fraction of sp³-hybridized carbons (Fsp3) is 0.500. The number of thioether (sulfide) groups is 1. The van der Waals surface area contributed by atoms with Crippen molar-refractivity contribution < 1.29 is 19.8 Å². The van der Waals surface area contributed by atoms with Gasteiger partial charge in [0.05, 0.1) is 6.61 Å². The number of rotatable bonds is 10. The topological polar surface area (TPSA) is 89.9 Å². The van der Waals surface area contributed by atoms with Crippen LogP contribution in [0.3, 0.4) is 0 Å². The van der Waals surface area contributed by atoms with E-state index in [1.807, 2.05) is 36.6 Å². The standard InChI is InChI=1S/C16H24N2O4S/c1-23-12-8-14(15(20)21)17-16(22)18(10-11-19)9-7-13-5-3-2-4-6-13/h2-6,14,19H,7-12H2,1H3,(H,17,22)(H,20,21)/t14-/m1/s1. The normalized spacial score (nSPS) is 11.7. The number of amides is 2. The number of hydrogen-bond donors (Lipinski definition) is 3. The van der Waals surface area contributed by atoms with Gasteiger partial charge in [-0.25, -0.2) is 9.59 Å². The molecule has 1 rings (SSSR count). The van der Waals surface area contributed by atoms with Gasteiger partial charge in [-0.15, -0.1) is 0 Å². The summed E-state index contributed by atoms with van der Waals surface area (Å²) < 4.78 is 0. The molecule has 0 fully saturated rings. The number of nitrogens with zero attached hydrogens (tertiary/aromatic N) is 1. The highest BCUT2D eigenvalue weighted by Gasteiger charge is 2.22. The van der Waals surface area contributed by atoms with Gasteiger partial charge < -0.3 is 20.4 Å². The second kappa shape index (κ2) is 10.9. The molecular weight excluding hydrogens is 316 g/mol. The van der Waals surface area contributed by atoms with E-state index in [4.69, 9.17) is 5.11 Å². The number of benzene rings is 1. The summed E-state index contributed by atoms with van der Waals surface area (Å²) in [5, 5.41) is 20.8. The van der Waals surface area contributed by atoms with Gasteiger partial charge in [0.15, 0.2) is 0 Å². The number of urea groups is 1. The number of carbonyl (C=O) groups is 2. The molecule has 0 aromatic heterocycles. The summed E-state index contributed by atoms with van der Waals surface area (Å²) in [7, 11) is 0. The number of nitrogens with one attached hydrogen (secondary N) is 1. The number of carboxylic acid groups (broad SMARTS) is 1. The summed E-state index contributed by atoms with van der Waals surface area (Å²) in [5.74, 6) is -0.388. The Morgan fingerprint density at radius 2 is 1.96 bits per heavy atom. The quantitative estimate of drug-likeness (QED) is 0.600. The Morgan fingerprint density at radius 3 is 2.52 bits per heavy atom. The Balaban J connectivity index is 2.60. The van der Waals surface area contributed by atoms with Crippen LogP contribution in [0, 0.1) is 0 Å². The highest BCUT2D eigenvalue weighted by molar-refractivity contribution is 7.98. The number of aliphatic carboxylic acids is 1. The molecule has 0 aliphatic rings. The SMILES string of the molecule is CSCC[C@@H](NC(=O)N(CCO)CCc1ccccc1)C(=O)O. The maximum absolute atomic E-state index is 12.3. The third kappa shape index (κ3) is 7.38. The van der Waals surface area contributed by atoms with Crippen molar-refractivity contribution in [3.05, 3.63) is 35.9 Å². The second-order valence-electron chi connectivity index (χ2n) is 5.07. The van der Waals surface area contributed by atoms with Crippen LogP contribution in [0.2, 0.25) is 0 Å². The third-order valence-electron chi connectivity index (χ3n) is 3.38. The molecule has 0 aliphatic carbocycles. The summed E-state index contributed by atoms with van der Waals surface area (Å²) in [6.45, 7) is 0.434. The molecule has 3 N–H and O–H groups in total. The third-order valence-corrected chi connectivity index (χ3v) is 4.02. The molecule has 1 atom stereocenters. The van der Waals surface area contributed by atoms with Crippen molar-refractivity contribution in [2.24, 2.45) is 0 Å². The van der Waals surface area contributed by atoms with E-state index in [2.05, 4.69) is 5.32 Å². The fourth-order valence-corrected chi connectivity index (χ4v) is 2.55. The molecule has 0 spiro atoms. The van der Waals surface area contributed by atoms with E-state index >= 15 is 0 Å². The Kier molecular flexibility index (Phi) is 9.16. The van der Waals surface area contributed by atoms with Crippen LogP contribution in [0.1, 0.15) is 12.0 Å². The largest absolute Gasteiger partial charge is 0.480 e. The zero-order valence-electron chi connectivity index (χ0n) is 13.3. The summed E-state index contributed by atoms with van der Waals surface area (Å²) in [5.41, 5.74) is 1.08. The monoisotopic (exact) mass is 340 g/mol. The first-order valence-electron chi connectivity index (χ1n) is 7.50. The fourth-order valence-electron chi connectivity index (χ4n) is 2.08. The molecule has 0 saturated carbocycles. The number of aliphatic hydroxyl groups excluding tert-OH is 1. The highest BCUT2D eigenvalue weighted by atomic mass is 32.2. The minimum absolute atomic E-state index is 0.162. The zero-order valence-corrected chi connectivity index (χ0v) is 14.1. The molecule has 7 heteroatoms. The van der Waals surface area contributed by atoms with Gasteiger partial charge in [-0.1, -0.05) is 30.3 Å². The van der Waals surface area contributed by atoms with Crippen LogP contribution in [0.25, 0.3) is 0 Å². The molecule has 0 radical (unpaired) electrons. The van der Waals surface area contributed by atoms with Crippen LogP contribution >= 0.6 is 11.8 Å². The highest BCUT2D eigenvalue weighted by Crippen LogP contribution is 2.04. The van der Waals surface area contributed by atoms with Gasteiger partial charge >= 0.3 is 12.0 Å². The van der Waals surface area contributed by atoms with Gasteiger partial charge in [-0.2, -0.15) is 11.8 Å². The number of hydrogen-bond acceptors (Lipinski definition) is 4. The first kappa shape index (κ1) is 19.3. The smallest absolute Gasteiger partial charge is 0.326 e. The van der Waals surface area contributed by atoms with Crippen molar-refractivity contribution >= 4 is 23.8 Å². The second-order valence-corrected chi connectivity index (χ2v) is 6.05. The molecule has 128 valence electrons. The van der Waals surface area contributed by atoms with Gasteiger partial charge in [0.2, 0.25) is 0 Å². The van der Waals surface area contributed by atoms with Gasteiger partial charge in [0.1, 0.15) is 6.04 Å². The van der Waals surface area contributed by atoms with E-state index in [1.54, 1.807) is 0 Å². The minimum Gasteiger partial charge on any atom is -0.480 e. The minimum atomic E-state index is -1.04. The maximum Gasteiger partial charge on any atom is 0.326 e. The maximum atomic E-state index is 12.3. The molecule has 0 aliphatic heterocycles. The summed E-state index contributed by atoms with van der Waals surface area (Å²) in [6.07, 6.45) is 2.91. The number of carboxylic acids is 1. The molecule has 2 amide bonds. The van der Waals surface area contributed by atoms with Crippen LogP contribution in [-0.4, -0.2) is 64.9 Å². The van der Waals surface area contributed by atoms with Gasteiger partial charge in [-0.05, 0) is 30.4 Å². The van der Waals surface area contributed by atoms with Gasteiger partial charge in [0.25, 0.3) is 0 Å². The van der Waals surface area contributed by atoms with Crippen molar-refractivity contribution in [2.75, 3.05) is 31.7 Å². The first-order chi connectivity index (χ1) is 11.1. The van der Waals surface area contributed by atoms with Crippen molar-refractivity contribution in [3.8, 4) is 0 Å². The van der Waals surface area contributed by atoms with E-state index in [0.717, 1.165) is 5.56 Å². The van der Waals surface area contributed by atoms with Crippen molar-refractivity contribution in [1.82, 2.24) is 10.2 Å². The van der Waals surface area contributed by atoms with Crippen LogP contribution in [-0.2, 0) is 11.2 Å². The summed E-state index contributed by atoms with van der Waals surface area (Å²) >= 11 is 1.53. The molecule has 1 aromatic rings. The lowest BCUT2D eigenvalue weighted by atomic mass is 10.1. The molecule has 1 aromatic carbocycles. The summed E-state index contributed by atoms with van der Waals surface area (Å²) in [4.78, 5) is 24.9. The van der Waals surface area contributed by atoms with Crippen LogP contribution in [0.5, 0.6) is 0 Å². The number of carbonyl (C=O) groups excluding carboxylic acids is 1. The number of aliphatic hydroxyl groups is 1.